The number of halogens is 3. The number of cyclic esters (lactones) is 1. The van der Waals surface area contributed by atoms with Gasteiger partial charge in [-0.2, -0.15) is 0 Å². The summed E-state index contributed by atoms with van der Waals surface area (Å²) in [5.41, 5.74) is 5.92. The summed E-state index contributed by atoms with van der Waals surface area (Å²) in [6, 6.07) is 13.3. The van der Waals surface area contributed by atoms with E-state index in [4.69, 9.17) is 10.5 Å². The Kier molecular flexibility index (Phi) is 6.25. The number of nitrogens with one attached hydrogen (secondary N) is 1. The van der Waals surface area contributed by atoms with Gasteiger partial charge in [0.05, 0.1) is 11.3 Å². The van der Waals surface area contributed by atoms with Crippen molar-refractivity contribution in [2.45, 2.75) is 6.10 Å². The molecule has 4 rings (SSSR count). The van der Waals surface area contributed by atoms with Gasteiger partial charge in [0.2, 0.25) is 5.78 Å². The Hall–Kier alpha value is -3.92. The van der Waals surface area contributed by atoms with Crippen LogP contribution in [0, 0.1) is 17.6 Å². The number of carbonyl (C=O) groups is 4. The van der Waals surface area contributed by atoms with Gasteiger partial charge >= 0.3 is 5.97 Å². The second-order valence-corrected chi connectivity index (χ2v) is 8.30. The van der Waals surface area contributed by atoms with E-state index in [1.54, 1.807) is 12.1 Å². The van der Waals surface area contributed by atoms with E-state index in [1.807, 2.05) is 0 Å². The molecule has 1 amide bonds. The third kappa shape index (κ3) is 4.32. The fraction of sp³-hybridized carbons (Fsp3) is 0.0833. The van der Waals surface area contributed by atoms with Gasteiger partial charge in [-0.1, -0.05) is 30.3 Å². The summed E-state index contributed by atoms with van der Waals surface area (Å²) < 4.78 is 32.8. The Morgan fingerprint density at radius 1 is 1.03 bits per heavy atom. The Morgan fingerprint density at radius 3 is 2.47 bits per heavy atom. The molecule has 0 fully saturated rings. The van der Waals surface area contributed by atoms with Crippen LogP contribution in [0.25, 0.3) is 0 Å². The quantitative estimate of drug-likeness (QED) is 0.162. The summed E-state index contributed by atoms with van der Waals surface area (Å²) in [5.74, 6) is -8.03. The van der Waals surface area contributed by atoms with Gasteiger partial charge in [0, 0.05) is 27.4 Å². The Labute approximate surface area is 200 Å². The average Bonchev–Trinajstić information content (AvgIpc) is 3.12. The van der Waals surface area contributed by atoms with E-state index in [9.17, 15) is 28.0 Å². The van der Waals surface area contributed by atoms with Crippen LogP contribution in [0.5, 0.6) is 0 Å². The summed E-state index contributed by atoms with van der Waals surface area (Å²) in [6.07, 6.45) is -1.39. The van der Waals surface area contributed by atoms with Crippen LogP contribution < -0.4 is 11.1 Å². The Bertz CT molecular complexity index is 1340. The second-order valence-electron chi connectivity index (χ2n) is 7.44. The van der Waals surface area contributed by atoms with Crippen LogP contribution >= 0.6 is 15.9 Å². The highest BCUT2D eigenvalue weighted by molar-refractivity contribution is 9.10. The van der Waals surface area contributed by atoms with Crippen molar-refractivity contribution in [1.82, 2.24) is 0 Å². The number of rotatable bonds is 6. The van der Waals surface area contributed by atoms with Crippen LogP contribution in [0.3, 0.4) is 0 Å². The van der Waals surface area contributed by atoms with Gasteiger partial charge in [0.1, 0.15) is 17.8 Å². The van der Waals surface area contributed by atoms with Crippen LogP contribution in [0.15, 0.2) is 65.1 Å². The molecule has 0 aromatic heterocycles. The maximum Gasteiger partial charge on any atom is 0.339 e. The molecule has 3 aromatic rings. The number of hydrogen-bond donors (Lipinski definition) is 2. The molecule has 34 heavy (non-hydrogen) atoms. The van der Waals surface area contributed by atoms with E-state index >= 15 is 0 Å². The second kappa shape index (κ2) is 9.14. The van der Waals surface area contributed by atoms with Gasteiger partial charge in [-0.25, -0.2) is 13.6 Å². The fourth-order valence-corrected chi connectivity index (χ4v) is 4.17. The third-order valence-electron chi connectivity index (χ3n) is 5.23. The monoisotopic (exact) mass is 528 g/mol. The molecule has 1 heterocycles. The molecular formula is C24H15BrF2N2O5. The molecule has 0 unspecified atom stereocenters. The number of carbonyl (C=O) groups excluding carboxylic acids is 4. The van der Waals surface area contributed by atoms with Gasteiger partial charge in [0.25, 0.3) is 5.91 Å². The lowest BCUT2D eigenvalue weighted by Crippen LogP contribution is -2.38. The summed E-state index contributed by atoms with van der Waals surface area (Å²) in [7, 11) is 0. The Morgan fingerprint density at radius 2 is 1.76 bits per heavy atom. The number of ketones is 2. The molecule has 1 aliphatic heterocycles. The minimum absolute atomic E-state index is 0.0146. The van der Waals surface area contributed by atoms with Crippen molar-refractivity contribution in [3.63, 3.8) is 0 Å². The smallest absolute Gasteiger partial charge is 0.339 e. The molecule has 10 heteroatoms. The largest absolute Gasteiger partial charge is 0.453 e. The molecule has 3 aromatic carbocycles. The molecule has 0 spiro atoms. The van der Waals surface area contributed by atoms with E-state index in [0.29, 0.717) is 6.07 Å². The van der Waals surface area contributed by atoms with E-state index in [1.165, 1.54) is 36.4 Å². The molecule has 0 bridgehead atoms. The van der Waals surface area contributed by atoms with Crippen LogP contribution in [0.4, 0.5) is 20.2 Å². The highest BCUT2D eigenvalue weighted by Gasteiger charge is 2.46. The summed E-state index contributed by atoms with van der Waals surface area (Å²) in [4.78, 5) is 51.8. The predicted octanol–water partition coefficient (Wildman–Crippen LogP) is 4.23. The number of ether oxygens (including phenoxy) is 1. The SMILES string of the molecule is Nc1cccc(C(=O)[C@@H](C(=O)C(=O)Nc2c(F)cc(F)cc2Br)[C@@H]2OC(=O)c3ccccc32)c1. The highest BCUT2D eigenvalue weighted by Crippen LogP contribution is 2.38. The normalized spacial score (nSPS) is 15.3. The molecular weight excluding hydrogens is 514 g/mol. The van der Waals surface area contributed by atoms with Gasteiger partial charge < -0.3 is 15.8 Å². The lowest BCUT2D eigenvalue weighted by atomic mass is 9.84. The highest BCUT2D eigenvalue weighted by atomic mass is 79.9. The molecule has 0 radical (unpaired) electrons. The van der Waals surface area contributed by atoms with Crippen molar-refractivity contribution < 1.29 is 32.7 Å². The first-order valence-corrected chi connectivity index (χ1v) is 10.7. The van der Waals surface area contributed by atoms with Gasteiger partial charge in [-0.05, 0) is 40.2 Å². The first-order valence-electron chi connectivity index (χ1n) is 9.86. The number of hydrogen-bond acceptors (Lipinski definition) is 6. The zero-order chi connectivity index (χ0) is 24.6. The zero-order valence-electron chi connectivity index (χ0n) is 17.2. The number of fused-ring (bicyclic) bond motifs is 1. The van der Waals surface area contributed by atoms with Crippen LogP contribution in [0.2, 0.25) is 0 Å². The zero-order valence-corrected chi connectivity index (χ0v) is 18.8. The number of Topliss-reactive ketones (excluding diaryl/α,β-unsaturated/α-hetero) is 2. The van der Waals surface area contributed by atoms with Crippen molar-refractivity contribution >= 4 is 50.7 Å². The van der Waals surface area contributed by atoms with Gasteiger partial charge in [-0.3, -0.25) is 14.4 Å². The first kappa shape index (κ1) is 23.2. The summed E-state index contributed by atoms with van der Waals surface area (Å²) in [5, 5.41) is 2.07. The summed E-state index contributed by atoms with van der Waals surface area (Å²) >= 11 is 2.93. The van der Waals surface area contributed by atoms with E-state index in [0.717, 1.165) is 6.07 Å². The van der Waals surface area contributed by atoms with Crippen molar-refractivity contribution in [2.75, 3.05) is 11.1 Å². The standard InChI is InChI=1S/C24H15BrF2N2O5/c25-16-9-12(26)10-17(27)19(16)29-23(32)21(31)18(20(30)11-4-3-5-13(28)8-11)22-14-6-1-2-7-15(14)24(33)34-22/h1-10,18,22H,28H2,(H,29,32)/t18-,22+/m0/s1. The van der Waals surface area contributed by atoms with Crippen molar-refractivity contribution in [1.29, 1.82) is 0 Å². The minimum Gasteiger partial charge on any atom is -0.453 e. The van der Waals surface area contributed by atoms with E-state index < -0.39 is 52.8 Å². The van der Waals surface area contributed by atoms with Crippen LogP contribution in [0.1, 0.15) is 32.4 Å². The number of esters is 1. The molecule has 0 saturated carbocycles. The predicted molar refractivity (Wildman–Crippen MR) is 121 cm³/mol. The fourth-order valence-electron chi connectivity index (χ4n) is 3.66. The molecule has 1 aliphatic rings. The van der Waals surface area contributed by atoms with E-state index in [-0.39, 0.29) is 26.9 Å². The van der Waals surface area contributed by atoms with Crippen LogP contribution in [-0.4, -0.2) is 23.4 Å². The molecule has 2 atom stereocenters. The van der Waals surface area contributed by atoms with Crippen LogP contribution in [-0.2, 0) is 14.3 Å². The number of nitrogen functional groups attached to an aromatic ring is 1. The van der Waals surface area contributed by atoms with Crippen molar-refractivity contribution in [3.05, 3.63) is 93.5 Å². The molecule has 172 valence electrons. The average molecular weight is 529 g/mol. The van der Waals surface area contributed by atoms with Gasteiger partial charge in [-0.15, -0.1) is 0 Å². The third-order valence-corrected chi connectivity index (χ3v) is 5.85. The topological polar surface area (TPSA) is 116 Å². The number of nitrogens with two attached hydrogens (primary N) is 1. The van der Waals surface area contributed by atoms with E-state index in [2.05, 4.69) is 21.2 Å². The number of anilines is 2. The maximum absolute atomic E-state index is 14.2. The lowest BCUT2D eigenvalue weighted by Gasteiger charge is -2.21. The van der Waals surface area contributed by atoms with Crippen molar-refractivity contribution in [3.8, 4) is 0 Å². The minimum atomic E-state index is -1.78. The first-order chi connectivity index (χ1) is 16.2. The van der Waals surface area contributed by atoms with Gasteiger partial charge in [0.15, 0.2) is 11.6 Å². The summed E-state index contributed by atoms with van der Waals surface area (Å²) in [6.45, 7) is 0. The molecule has 0 aliphatic carbocycles. The molecule has 0 saturated heterocycles. The Balaban J connectivity index is 1.74. The molecule has 7 nitrogen and oxygen atoms in total. The number of amides is 1. The van der Waals surface area contributed by atoms with Crippen molar-refractivity contribution in [2.24, 2.45) is 5.92 Å². The maximum atomic E-state index is 14.2. The lowest BCUT2D eigenvalue weighted by molar-refractivity contribution is -0.138. The molecule has 3 N–H and O–H groups in total. The number of benzene rings is 3.